The van der Waals surface area contributed by atoms with E-state index in [0.29, 0.717) is 0 Å². The molecule has 98 valence electrons. The third-order valence-electron chi connectivity index (χ3n) is 2.76. The highest BCUT2D eigenvalue weighted by Gasteiger charge is 1.93. The number of benzene rings is 1. The zero-order valence-corrected chi connectivity index (χ0v) is 11.2. The van der Waals surface area contributed by atoms with E-state index in [2.05, 4.69) is 6.92 Å². The molecule has 2 nitrogen and oxygen atoms in total. The Bertz CT molecular complexity index is 248. The fraction of sp³-hybridized carbons (Fsp3) is 0.600. The fourth-order valence-corrected chi connectivity index (χ4v) is 1.77. The van der Waals surface area contributed by atoms with Gasteiger partial charge in [0.25, 0.3) is 0 Å². The molecule has 1 rings (SSSR count). The lowest BCUT2D eigenvalue weighted by atomic mass is 10.1. The minimum Gasteiger partial charge on any atom is -0.494 e. The minimum absolute atomic E-state index is 0. The van der Waals surface area contributed by atoms with Gasteiger partial charge in [0.1, 0.15) is 5.75 Å². The van der Waals surface area contributed by atoms with Gasteiger partial charge in [-0.2, -0.15) is 0 Å². The summed E-state index contributed by atoms with van der Waals surface area (Å²) in [5, 5.41) is 0. The Labute approximate surface area is 106 Å². The largest absolute Gasteiger partial charge is 0.494 e. The molecule has 0 unspecified atom stereocenters. The summed E-state index contributed by atoms with van der Waals surface area (Å²) in [6.45, 7) is 3.12. The van der Waals surface area contributed by atoms with Gasteiger partial charge in [0.15, 0.2) is 0 Å². The highest BCUT2D eigenvalue weighted by atomic mass is 16.5. The molecule has 0 saturated heterocycles. The summed E-state index contributed by atoms with van der Waals surface area (Å²) in [7, 11) is 0. The highest BCUT2D eigenvalue weighted by molar-refractivity contribution is 5.20. The molecule has 0 bridgehead atoms. The molecule has 3 N–H and O–H groups in total. The molecule has 0 spiro atoms. The maximum absolute atomic E-state index is 5.63. The van der Waals surface area contributed by atoms with Crippen LogP contribution >= 0.6 is 0 Å². The maximum Gasteiger partial charge on any atom is 0.119 e. The summed E-state index contributed by atoms with van der Waals surface area (Å²) >= 11 is 0. The Morgan fingerprint density at radius 2 is 1.41 bits per heavy atom. The van der Waals surface area contributed by atoms with Gasteiger partial charge in [-0.05, 0) is 18.6 Å². The molecule has 1 aromatic carbocycles. The van der Waals surface area contributed by atoms with Crippen LogP contribution in [0.25, 0.3) is 0 Å². The SMILES string of the molecule is CCCCCCCCCOc1ccccc1.N. The Kier molecular flexibility index (Phi) is 10.8. The van der Waals surface area contributed by atoms with Crippen molar-refractivity contribution in [3.63, 3.8) is 0 Å². The van der Waals surface area contributed by atoms with Gasteiger partial charge in [-0.15, -0.1) is 0 Å². The van der Waals surface area contributed by atoms with Crippen molar-refractivity contribution in [2.45, 2.75) is 51.9 Å². The van der Waals surface area contributed by atoms with Gasteiger partial charge in [0.05, 0.1) is 6.61 Å². The smallest absolute Gasteiger partial charge is 0.119 e. The molecule has 0 saturated carbocycles. The van der Waals surface area contributed by atoms with Crippen molar-refractivity contribution in [2.24, 2.45) is 0 Å². The molecule has 2 heteroatoms. The predicted molar refractivity (Wildman–Crippen MR) is 75.0 cm³/mol. The predicted octanol–water partition coefficient (Wildman–Crippen LogP) is 4.98. The molecule has 0 aliphatic carbocycles. The Hall–Kier alpha value is -1.02. The van der Waals surface area contributed by atoms with E-state index in [-0.39, 0.29) is 6.15 Å². The monoisotopic (exact) mass is 237 g/mol. The van der Waals surface area contributed by atoms with Gasteiger partial charge >= 0.3 is 0 Å². The van der Waals surface area contributed by atoms with Crippen molar-refractivity contribution in [3.8, 4) is 5.75 Å². The van der Waals surface area contributed by atoms with Crippen molar-refractivity contribution >= 4 is 0 Å². The number of hydrogen-bond donors (Lipinski definition) is 1. The first-order valence-corrected chi connectivity index (χ1v) is 6.61. The normalized spacial score (nSPS) is 9.71. The van der Waals surface area contributed by atoms with Crippen molar-refractivity contribution in [2.75, 3.05) is 6.61 Å². The van der Waals surface area contributed by atoms with Crippen LogP contribution < -0.4 is 10.9 Å². The molecule has 0 radical (unpaired) electrons. The van der Waals surface area contributed by atoms with Crippen LogP contribution in [0.2, 0.25) is 0 Å². The average molecular weight is 237 g/mol. The van der Waals surface area contributed by atoms with E-state index in [1.54, 1.807) is 0 Å². The molecule has 0 aromatic heterocycles. The molecule has 0 heterocycles. The second-order valence-corrected chi connectivity index (χ2v) is 4.28. The zero-order chi connectivity index (χ0) is 11.5. The first-order chi connectivity index (χ1) is 7.93. The number of rotatable bonds is 9. The van der Waals surface area contributed by atoms with Crippen LogP contribution in [-0.2, 0) is 0 Å². The van der Waals surface area contributed by atoms with Gasteiger partial charge in [0.2, 0.25) is 0 Å². The quantitative estimate of drug-likeness (QED) is 0.616. The van der Waals surface area contributed by atoms with E-state index in [1.807, 2.05) is 30.3 Å². The van der Waals surface area contributed by atoms with Crippen LogP contribution in [0, 0.1) is 0 Å². The molecule has 0 amide bonds. The minimum atomic E-state index is 0. The molecule has 0 aliphatic rings. The van der Waals surface area contributed by atoms with Crippen LogP contribution in [0.1, 0.15) is 51.9 Å². The maximum atomic E-state index is 5.63. The second-order valence-electron chi connectivity index (χ2n) is 4.28. The summed E-state index contributed by atoms with van der Waals surface area (Å²) in [5.41, 5.74) is 0. The Balaban J connectivity index is 0.00000256. The van der Waals surface area contributed by atoms with E-state index >= 15 is 0 Å². The van der Waals surface area contributed by atoms with Gasteiger partial charge in [-0.1, -0.05) is 63.6 Å². The number of hydrogen-bond acceptors (Lipinski definition) is 2. The zero-order valence-electron chi connectivity index (χ0n) is 11.2. The second kappa shape index (κ2) is 11.5. The molecular weight excluding hydrogens is 210 g/mol. The third kappa shape index (κ3) is 8.75. The van der Waals surface area contributed by atoms with Crippen LogP contribution in [0.3, 0.4) is 0 Å². The Morgan fingerprint density at radius 1 is 0.824 bits per heavy atom. The summed E-state index contributed by atoms with van der Waals surface area (Å²) < 4.78 is 5.63. The van der Waals surface area contributed by atoms with Gasteiger partial charge in [0, 0.05) is 0 Å². The van der Waals surface area contributed by atoms with E-state index in [4.69, 9.17) is 4.74 Å². The average Bonchev–Trinajstić information content (AvgIpc) is 2.34. The Morgan fingerprint density at radius 3 is 2.06 bits per heavy atom. The first-order valence-electron chi connectivity index (χ1n) is 6.61. The van der Waals surface area contributed by atoms with E-state index in [1.165, 1.54) is 44.9 Å². The lowest BCUT2D eigenvalue weighted by molar-refractivity contribution is 0.304. The number of unbranched alkanes of at least 4 members (excludes halogenated alkanes) is 6. The number of para-hydroxylation sites is 1. The molecule has 0 atom stereocenters. The van der Waals surface area contributed by atoms with Crippen molar-refractivity contribution in [1.82, 2.24) is 6.15 Å². The van der Waals surface area contributed by atoms with Crippen LogP contribution in [-0.4, -0.2) is 6.61 Å². The van der Waals surface area contributed by atoms with E-state index in [9.17, 15) is 0 Å². The van der Waals surface area contributed by atoms with Crippen molar-refractivity contribution in [3.05, 3.63) is 30.3 Å². The summed E-state index contributed by atoms with van der Waals surface area (Å²) in [5.74, 6) is 0.994. The summed E-state index contributed by atoms with van der Waals surface area (Å²) in [6, 6.07) is 10.1. The van der Waals surface area contributed by atoms with E-state index < -0.39 is 0 Å². The topological polar surface area (TPSA) is 44.2 Å². The molecule has 0 aliphatic heterocycles. The van der Waals surface area contributed by atoms with Gasteiger partial charge in [-0.25, -0.2) is 0 Å². The third-order valence-corrected chi connectivity index (χ3v) is 2.76. The van der Waals surface area contributed by atoms with Crippen molar-refractivity contribution in [1.29, 1.82) is 0 Å². The first kappa shape index (κ1) is 16.0. The molecule has 17 heavy (non-hydrogen) atoms. The lowest BCUT2D eigenvalue weighted by Gasteiger charge is -2.05. The molecule has 0 fully saturated rings. The lowest BCUT2D eigenvalue weighted by Crippen LogP contribution is -1.96. The fourth-order valence-electron chi connectivity index (χ4n) is 1.77. The van der Waals surface area contributed by atoms with Crippen LogP contribution in [0.15, 0.2) is 30.3 Å². The van der Waals surface area contributed by atoms with Crippen LogP contribution in [0.5, 0.6) is 5.75 Å². The summed E-state index contributed by atoms with van der Waals surface area (Å²) in [6.07, 6.45) is 9.35. The van der Waals surface area contributed by atoms with Crippen LogP contribution in [0.4, 0.5) is 0 Å². The van der Waals surface area contributed by atoms with Gasteiger partial charge < -0.3 is 10.9 Å². The standard InChI is InChI=1S/C15H24O.H3N/c1-2-3-4-5-6-7-11-14-16-15-12-9-8-10-13-15;/h8-10,12-13H,2-7,11,14H2,1H3;1H3. The highest BCUT2D eigenvalue weighted by Crippen LogP contribution is 2.10. The summed E-state index contributed by atoms with van der Waals surface area (Å²) in [4.78, 5) is 0. The van der Waals surface area contributed by atoms with Gasteiger partial charge in [-0.3, -0.25) is 0 Å². The molecule has 1 aromatic rings. The molecular formula is C15H27NO. The van der Waals surface area contributed by atoms with E-state index in [0.717, 1.165) is 12.4 Å². The number of ether oxygens (including phenoxy) is 1. The van der Waals surface area contributed by atoms with Crippen molar-refractivity contribution < 1.29 is 4.74 Å².